The van der Waals surface area contributed by atoms with Gasteiger partial charge in [-0.25, -0.2) is 27.9 Å². The van der Waals surface area contributed by atoms with Crippen molar-refractivity contribution >= 4 is 42.1 Å². The molecule has 2 N–H and O–H groups in total. The fourth-order valence-electron chi connectivity index (χ4n) is 2.50. The van der Waals surface area contributed by atoms with Crippen molar-refractivity contribution in [3.63, 3.8) is 0 Å². The molecule has 0 bridgehead atoms. The normalized spacial score (nSPS) is 17.5. The van der Waals surface area contributed by atoms with E-state index in [0.29, 0.717) is 10.0 Å². The molecule has 2 atom stereocenters. The first-order chi connectivity index (χ1) is 11.9. The van der Waals surface area contributed by atoms with Crippen molar-refractivity contribution in [3.05, 3.63) is 19.8 Å². The first-order valence-corrected chi connectivity index (χ1v) is 13.7. The summed E-state index contributed by atoms with van der Waals surface area (Å²) in [6.07, 6.45) is 1.35. The summed E-state index contributed by atoms with van der Waals surface area (Å²) in [5, 5.41) is 1.83. The van der Waals surface area contributed by atoms with Crippen molar-refractivity contribution in [2.24, 2.45) is 0 Å². The van der Waals surface area contributed by atoms with E-state index in [-0.39, 0.29) is 21.6 Å². The largest absolute Gasteiger partial charge is 0.248 e. The van der Waals surface area contributed by atoms with Gasteiger partial charge in [0.2, 0.25) is 0 Å². The molecule has 0 fully saturated rings. The zero-order valence-electron chi connectivity index (χ0n) is 17.1. The van der Waals surface area contributed by atoms with Crippen LogP contribution in [-0.2, 0) is 36.0 Å². The number of nitrogens with one attached hydrogen (secondary N) is 2. The van der Waals surface area contributed by atoms with Crippen LogP contribution in [0.15, 0.2) is 10.1 Å². The predicted molar refractivity (Wildman–Crippen MR) is 114 cm³/mol. The predicted octanol–water partition coefficient (Wildman–Crippen LogP) is 5.14. The number of nitrogens with zero attached hydrogens (tertiary/aromatic N) is 2. The molecule has 152 valence electrons. The quantitative estimate of drug-likeness (QED) is 0.674. The summed E-state index contributed by atoms with van der Waals surface area (Å²) in [5.41, 5.74) is -0.587. The molecule has 2 rings (SSSR count). The van der Waals surface area contributed by atoms with E-state index in [0.717, 1.165) is 14.8 Å². The van der Waals surface area contributed by atoms with Gasteiger partial charge in [-0.3, -0.25) is 0 Å². The summed E-state index contributed by atoms with van der Waals surface area (Å²) in [6, 6.07) is 0. The molecule has 0 saturated carbocycles. The molecule has 27 heavy (non-hydrogen) atoms. The lowest BCUT2D eigenvalue weighted by Crippen LogP contribution is -2.15. The van der Waals surface area contributed by atoms with Crippen molar-refractivity contribution in [3.8, 4) is 0 Å². The second kappa shape index (κ2) is 6.89. The second-order valence-corrected chi connectivity index (χ2v) is 15.2. The van der Waals surface area contributed by atoms with Crippen LogP contribution in [0.5, 0.6) is 0 Å². The van der Waals surface area contributed by atoms with E-state index >= 15 is 0 Å². The lowest BCUT2D eigenvalue weighted by Gasteiger charge is -2.18. The van der Waals surface area contributed by atoms with Crippen LogP contribution >= 0.6 is 22.7 Å². The fourth-order valence-corrected chi connectivity index (χ4v) is 8.54. The Kier molecular flexibility index (Phi) is 5.73. The third-order valence-corrected chi connectivity index (χ3v) is 9.67. The van der Waals surface area contributed by atoms with Gasteiger partial charge in [-0.2, -0.15) is 0 Å². The Morgan fingerprint density at radius 1 is 0.889 bits per heavy atom. The molecule has 2 heterocycles. The van der Waals surface area contributed by atoms with Gasteiger partial charge in [0.05, 0.1) is 30.2 Å². The second-order valence-electron chi connectivity index (χ2n) is 8.77. The van der Waals surface area contributed by atoms with Crippen LogP contribution in [0.1, 0.15) is 61.3 Å². The summed E-state index contributed by atoms with van der Waals surface area (Å²) in [4.78, 5) is 10.4. The number of hydrogen-bond donors (Lipinski definition) is 2. The Hall–Kier alpha value is -0.840. The Morgan fingerprint density at radius 3 is 1.78 bits per heavy atom. The van der Waals surface area contributed by atoms with Gasteiger partial charge in [-0.1, -0.05) is 41.5 Å². The van der Waals surface area contributed by atoms with Gasteiger partial charge in [-0.15, -0.1) is 22.7 Å². The third-order valence-electron chi connectivity index (χ3n) is 3.71. The van der Waals surface area contributed by atoms with Crippen LogP contribution in [-0.4, -0.2) is 24.6 Å². The van der Waals surface area contributed by atoms with E-state index in [1.807, 2.05) is 48.5 Å². The molecule has 0 radical (unpaired) electrons. The Bertz CT molecular complexity index is 1060. The Morgan fingerprint density at radius 2 is 1.37 bits per heavy atom. The van der Waals surface area contributed by atoms with Gasteiger partial charge in [0.25, 0.3) is 0 Å². The maximum absolute atomic E-state index is 13.3. The lowest BCUT2D eigenvalue weighted by atomic mass is 9.95. The Balaban J connectivity index is 2.57. The van der Waals surface area contributed by atoms with Gasteiger partial charge < -0.3 is 0 Å². The van der Waals surface area contributed by atoms with E-state index < -0.39 is 19.5 Å². The topological polar surface area (TPSA) is 108 Å². The maximum Gasteiger partial charge on any atom is 0.150 e. The molecule has 2 aromatic rings. The van der Waals surface area contributed by atoms with Crippen LogP contribution < -0.4 is 0 Å². The van der Waals surface area contributed by atoms with Gasteiger partial charge in [0.15, 0.2) is 5.03 Å². The van der Waals surface area contributed by atoms with E-state index in [4.69, 9.17) is 9.56 Å². The van der Waals surface area contributed by atoms with Crippen molar-refractivity contribution in [2.75, 3.05) is 6.26 Å². The van der Waals surface area contributed by atoms with Crippen LogP contribution in [0.4, 0.5) is 0 Å². The van der Waals surface area contributed by atoms with Crippen LogP contribution in [0.25, 0.3) is 0 Å². The molecular weight excluding hydrogens is 420 g/mol. The van der Waals surface area contributed by atoms with Gasteiger partial charge >= 0.3 is 0 Å². The number of hydrogen-bond acceptors (Lipinski definition) is 8. The lowest BCUT2D eigenvalue weighted by molar-refractivity contribution is 0.583. The van der Waals surface area contributed by atoms with Crippen molar-refractivity contribution in [1.29, 1.82) is 9.56 Å². The molecule has 0 aliphatic rings. The molecule has 0 saturated heterocycles. The minimum atomic E-state index is -3.21. The molecule has 2 aromatic heterocycles. The zero-order chi connectivity index (χ0) is 21.0. The first-order valence-electron chi connectivity index (χ1n) is 8.41. The van der Waals surface area contributed by atoms with Crippen molar-refractivity contribution in [1.82, 2.24) is 9.97 Å². The molecule has 2 unspecified atom stereocenters. The van der Waals surface area contributed by atoms with Crippen LogP contribution in [0, 0.1) is 16.5 Å². The van der Waals surface area contributed by atoms with Gasteiger partial charge in [0.1, 0.15) is 10.0 Å². The van der Waals surface area contributed by atoms with Crippen LogP contribution in [0.3, 0.4) is 0 Å². The van der Waals surface area contributed by atoms with E-state index in [1.165, 1.54) is 28.9 Å². The maximum atomic E-state index is 13.3. The average molecular weight is 449 g/mol. The van der Waals surface area contributed by atoms with E-state index in [2.05, 4.69) is 9.97 Å². The average Bonchev–Trinajstić information content (AvgIpc) is 3.00. The summed E-state index contributed by atoms with van der Waals surface area (Å²) >= 11 is 2.77. The third kappa shape index (κ3) is 4.96. The van der Waals surface area contributed by atoms with Crippen molar-refractivity contribution in [2.45, 2.75) is 75.1 Å². The summed E-state index contributed by atoms with van der Waals surface area (Å²) in [7, 11) is -6.22. The molecule has 0 amide bonds. The van der Waals surface area contributed by atoms with Gasteiger partial charge in [-0.05, 0) is 17.8 Å². The number of thiazole rings is 2. The minimum Gasteiger partial charge on any atom is -0.248 e. The summed E-state index contributed by atoms with van der Waals surface area (Å²) in [5.74, 6) is -0.0808. The first kappa shape index (κ1) is 22.4. The van der Waals surface area contributed by atoms with E-state index in [9.17, 15) is 8.42 Å². The Labute approximate surface area is 170 Å². The molecule has 6 nitrogen and oxygen atoms in total. The SMILES string of the molecule is Cc1nc(S(=N)(=O)Cc2nc(S(C)(=N)=O)c(C(C)(C)C)s2)c(C(C)(C)C)s1. The molecular formula is C17H28N4O2S4. The standard InChI is InChI=1S/C17H28N4O2S4/c1-10-20-15(13(24-10)17(5,6)7)27(19,23)9-11-21-14(26(8,18)22)12(25-11)16(2,3)4/h18-19H,9H2,1-8H3. The monoisotopic (exact) mass is 448 g/mol. The summed E-state index contributed by atoms with van der Waals surface area (Å²) in [6.45, 7) is 13.8. The highest BCUT2D eigenvalue weighted by molar-refractivity contribution is 7.92. The molecule has 0 aromatic carbocycles. The molecule has 0 spiro atoms. The van der Waals surface area contributed by atoms with Crippen molar-refractivity contribution < 1.29 is 8.42 Å². The highest BCUT2D eigenvalue weighted by Gasteiger charge is 2.31. The fraction of sp³-hybridized carbons (Fsp3) is 0.647. The number of aryl methyl sites for hydroxylation is 1. The summed E-state index contributed by atoms with van der Waals surface area (Å²) < 4.78 is 42.2. The molecule has 0 aliphatic carbocycles. The zero-order valence-corrected chi connectivity index (χ0v) is 20.3. The highest BCUT2D eigenvalue weighted by atomic mass is 32.2. The van der Waals surface area contributed by atoms with E-state index in [1.54, 1.807) is 0 Å². The van der Waals surface area contributed by atoms with Gasteiger partial charge in [0, 0.05) is 16.0 Å². The smallest absolute Gasteiger partial charge is 0.150 e. The van der Waals surface area contributed by atoms with Crippen LogP contribution in [0.2, 0.25) is 0 Å². The number of aromatic nitrogens is 2. The highest BCUT2D eigenvalue weighted by Crippen LogP contribution is 2.38. The minimum absolute atomic E-state index is 0.0808. The molecule has 10 heteroatoms. The number of rotatable bonds is 4. The molecule has 0 aliphatic heterocycles.